The lowest BCUT2D eigenvalue weighted by molar-refractivity contribution is 0.104. The number of nitrogens with one attached hydrogen (secondary N) is 1. The molecular weight excluding hydrogens is 273 g/mol. The first-order valence-electron chi connectivity index (χ1n) is 6.02. The Morgan fingerprint density at radius 1 is 1.39 bits per heavy atom. The molecule has 0 heterocycles. The summed E-state index contributed by atoms with van der Waals surface area (Å²) in [4.78, 5) is 0. The quantitative estimate of drug-likeness (QED) is 0.811. The average Bonchev–Trinajstić information content (AvgIpc) is 2.36. The third-order valence-corrected chi connectivity index (χ3v) is 3.19. The summed E-state index contributed by atoms with van der Waals surface area (Å²) in [5, 5.41) is 14.0. The minimum atomic E-state index is -0.575. The predicted molar refractivity (Wildman–Crippen MR) is 75.7 cm³/mol. The summed E-state index contributed by atoms with van der Waals surface area (Å²) in [6, 6.07) is 5.38. The Morgan fingerprint density at radius 3 is 2.78 bits per heavy atom. The Labute approximate surface area is 118 Å². The van der Waals surface area contributed by atoms with Crippen molar-refractivity contribution < 1.29 is 9.84 Å². The third kappa shape index (κ3) is 5.44. The lowest BCUT2D eigenvalue weighted by atomic mass is 10.2. The van der Waals surface area contributed by atoms with Crippen LogP contribution in [0, 0.1) is 0 Å². The van der Waals surface area contributed by atoms with Gasteiger partial charge in [-0.1, -0.05) is 30.1 Å². The van der Waals surface area contributed by atoms with E-state index >= 15 is 0 Å². The van der Waals surface area contributed by atoms with Crippen LogP contribution in [-0.2, 0) is 0 Å². The number of benzene rings is 1. The fourth-order valence-electron chi connectivity index (χ4n) is 1.31. The monoisotopic (exact) mass is 291 g/mol. The van der Waals surface area contributed by atoms with Crippen molar-refractivity contribution in [3.05, 3.63) is 28.2 Å². The molecule has 1 aromatic rings. The van der Waals surface area contributed by atoms with Gasteiger partial charge < -0.3 is 15.2 Å². The van der Waals surface area contributed by atoms with Gasteiger partial charge in [0.2, 0.25) is 0 Å². The Hall–Kier alpha value is -0.480. The predicted octanol–water partition coefficient (Wildman–Crippen LogP) is 3.12. The van der Waals surface area contributed by atoms with Crippen LogP contribution in [0.15, 0.2) is 18.2 Å². The van der Waals surface area contributed by atoms with E-state index in [1.54, 1.807) is 18.2 Å². The number of aliphatic hydroxyl groups excluding tert-OH is 1. The SMILES string of the molecule is CCC(C)NCC(O)COc1cc(Cl)ccc1Cl. The van der Waals surface area contributed by atoms with Gasteiger partial charge in [-0.15, -0.1) is 0 Å². The number of hydrogen-bond donors (Lipinski definition) is 2. The molecule has 1 aromatic carbocycles. The second-order valence-electron chi connectivity index (χ2n) is 4.26. The van der Waals surface area contributed by atoms with Crippen LogP contribution in [0.5, 0.6) is 5.75 Å². The Morgan fingerprint density at radius 2 is 2.11 bits per heavy atom. The number of hydrogen-bond acceptors (Lipinski definition) is 3. The standard InChI is InChI=1S/C13H19Cl2NO2/c1-3-9(2)16-7-11(17)8-18-13-6-10(14)4-5-12(13)15/h4-6,9,11,16-17H,3,7-8H2,1-2H3. The highest BCUT2D eigenvalue weighted by Gasteiger charge is 2.09. The minimum absolute atomic E-state index is 0.184. The molecular formula is C13H19Cl2NO2. The second-order valence-corrected chi connectivity index (χ2v) is 5.10. The van der Waals surface area contributed by atoms with E-state index in [0.29, 0.717) is 28.4 Å². The highest BCUT2D eigenvalue weighted by molar-refractivity contribution is 6.34. The summed E-state index contributed by atoms with van der Waals surface area (Å²) in [5.74, 6) is 0.492. The smallest absolute Gasteiger partial charge is 0.139 e. The maximum absolute atomic E-state index is 9.75. The van der Waals surface area contributed by atoms with Gasteiger partial charge in [0.15, 0.2) is 0 Å². The molecule has 0 amide bonds. The first kappa shape index (κ1) is 15.6. The van der Waals surface area contributed by atoms with Crippen LogP contribution in [0.1, 0.15) is 20.3 Å². The van der Waals surface area contributed by atoms with Crippen LogP contribution in [0.25, 0.3) is 0 Å². The van der Waals surface area contributed by atoms with E-state index < -0.39 is 6.10 Å². The molecule has 1 rings (SSSR count). The Bertz CT molecular complexity index is 374. The molecule has 0 aliphatic carbocycles. The van der Waals surface area contributed by atoms with Crippen molar-refractivity contribution >= 4 is 23.2 Å². The molecule has 2 unspecified atom stereocenters. The van der Waals surface area contributed by atoms with Crippen molar-refractivity contribution in [3.63, 3.8) is 0 Å². The van der Waals surface area contributed by atoms with Gasteiger partial charge in [-0.25, -0.2) is 0 Å². The second kappa shape index (κ2) is 7.85. The van der Waals surface area contributed by atoms with Gasteiger partial charge in [0.05, 0.1) is 5.02 Å². The molecule has 0 bridgehead atoms. The molecule has 0 aromatic heterocycles. The molecule has 0 fully saturated rings. The fraction of sp³-hybridized carbons (Fsp3) is 0.538. The number of ether oxygens (including phenoxy) is 1. The topological polar surface area (TPSA) is 41.5 Å². The molecule has 2 N–H and O–H groups in total. The first-order chi connectivity index (χ1) is 8.52. The largest absolute Gasteiger partial charge is 0.489 e. The zero-order valence-electron chi connectivity index (χ0n) is 10.6. The zero-order valence-corrected chi connectivity index (χ0v) is 12.1. The first-order valence-corrected chi connectivity index (χ1v) is 6.77. The van der Waals surface area contributed by atoms with E-state index in [9.17, 15) is 5.11 Å². The van der Waals surface area contributed by atoms with Gasteiger partial charge in [-0.3, -0.25) is 0 Å². The fourth-order valence-corrected chi connectivity index (χ4v) is 1.65. The Kier molecular flexibility index (Phi) is 6.79. The van der Waals surface area contributed by atoms with Gasteiger partial charge in [-0.05, 0) is 25.5 Å². The van der Waals surface area contributed by atoms with Crippen molar-refractivity contribution in [2.75, 3.05) is 13.2 Å². The molecule has 0 aliphatic rings. The highest BCUT2D eigenvalue weighted by Crippen LogP contribution is 2.27. The van der Waals surface area contributed by atoms with E-state index in [0.717, 1.165) is 6.42 Å². The molecule has 0 spiro atoms. The maximum atomic E-state index is 9.75. The normalized spacial score (nSPS) is 14.3. The molecule has 0 radical (unpaired) electrons. The van der Waals surface area contributed by atoms with Crippen LogP contribution < -0.4 is 10.1 Å². The van der Waals surface area contributed by atoms with Gasteiger partial charge in [-0.2, -0.15) is 0 Å². The summed E-state index contributed by atoms with van der Waals surface area (Å²) in [7, 11) is 0. The number of aliphatic hydroxyl groups is 1. The van der Waals surface area contributed by atoms with E-state index in [1.807, 2.05) is 0 Å². The van der Waals surface area contributed by atoms with Crippen molar-refractivity contribution in [2.45, 2.75) is 32.4 Å². The van der Waals surface area contributed by atoms with Crippen molar-refractivity contribution in [1.82, 2.24) is 5.32 Å². The summed E-state index contributed by atoms with van der Waals surface area (Å²) in [5.41, 5.74) is 0. The molecule has 3 nitrogen and oxygen atoms in total. The van der Waals surface area contributed by atoms with Crippen molar-refractivity contribution in [3.8, 4) is 5.75 Å². The minimum Gasteiger partial charge on any atom is -0.489 e. The molecule has 5 heteroatoms. The summed E-state index contributed by atoms with van der Waals surface area (Å²) < 4.78 is 5.44. The molecule has 0 aliphatic heterocycles. The van der Waals surface area contributed by atoms with Gasteiger partial charge in [0, 0.05) is 23.7 Å². The third-order valence-electron chi connectivity index (χ3n) is 2.64. The lowest BCUT2D eigenvalue weighted by Gasteiger charge is -2.16. The molecule has 2 atom stereocenters. The summed E-state index contributed by atoms with van der Waals surface area (Å²) in [6.07, 6.45) is 0.447. The number of halogens is 2. The summed E-state index contributed by atoms with van der Waals surface area (Å²) >= 11 is 11.8. The van der Waals surface area contributed by atoms with Crippen LogP contribution in [0.4, 0.5) is 0 Å². The molecule has 0 saturated carbocycles. The van der Waals surface area contributed by atoms with Gasteiger partial charge in [0.1, 0.15) is 18.5 Å². The van der Waals surface area contributed by atoms with Gasteiger partial charge in [0.25, 0.3) is 0 Å². The van der Waals surface area contributed by atoms with Crippen molar-refractivity contribution in [2.24, 2.45) is 0 Å². The average molecular weight is 292 g/mol. The Balaban J connectivity index is 2.37. The van der Waals surface area contributed by atoms with Crippen LogP contribution in [0.2, 0.25) is 10.0 Å². The van der Waals surface area contributed by atoms with E-state index in [1.165, 1.54) is 0 Å². The molecule has 18 heavy (non-hydrogen) atoms. The zero-order chi connectivity index (χ0) is 13.5. The van der Waals surface area contributed by atoms with E-state index in [4.69, 9.17) is 27.9 Å². The molecule has 0 saturated heterocycles. The lowest BCUT2D eigenvalue weighted by Crippen LogP contribution is -2.36. The maximum Gasteiger partial charge on any atom is 0.139 e. The van der Waals surface area contributed by atoms with E-state index in [2.05, 4.69) is 19.2 Å². The summed E-state index contributed by atoms with van der Waals surface area (Å²) in [6.45, 7) is 4.84. The van der Waals surface area contributed by atoms with Crippen LogP contribution >= 0.6 is 23.2 Å². The highest BCUT2D eigenvalue weighted by atomic mass is 35.5. The van der Waals surface area contributed by atoms with Crippen LogP contribution in [-0.4, -0.2) is 30.4 Å². The number of rotatable bonds is 7. The molecule has 102 valence electrons. The van der Waals surface area contributed by atoms with Crippen LogP contribution in [0.3, 0.4) is 0 Å². The van der Waals surface area contributed by atoms with Gasteiger partial charge >= 0.3 is 0 Å². The van der Waals surface area contributed by atoms with Crippen molar-refractivity contribution in [1.29, 1.82) is 0 Å². The van der Waals surface area contributed by atoms with E-state index in [-0.39, 0.29) is 6.61 Å².